The summed E-state index contributed by atoms with van der Waals surface area (Å²) in [5.74, 6) is 0.154. The van der Waals surface area contributed by atoms with E-state index in [4.69, 9.17) is 0 Å². The molecule has 0 aromatic rings. The van der Waals surface area contributed by atoms with Crippen molar-refractivity contribution in [2.45, 2.75) is 57.9 Å². The first-order chi connectivity index (χ1) is 8.76. The third-order valence-corrected chi connectivity index (χ3v) is 4.88. The van der Waals surface area contributed by atoms with Gasteiger partial charge in [-0.3, -0.25) is 9.59 Å². The van der Waals surface area contributed by atoms with E-state index in [1.54, 1.807) is 16.7 Å². The Morgan fingerprint density at radius 1 is 1.37 bits per heavy atom. The first-order valence-electron chi connectivity index (χ1n) is 6.92. The van der Waals surface area contributed by atoms with Gasteiger partial charge in [0, 0.05) is 11.8 Å². The molecule has 1 N–H and O–H groups in total. The second-order valence-corrected chi connectivity index (χ2v) is 7.14. The van der Waals surface area contributed by atoms with Crippen LogP contribution in [0.1, 0.15) is 41.0 Å². The molecule has 1 rings (SSSR count). The molecular formula is C14H26N2O2S. The average molecular weight is 286 g/mol. The molecule has 5 heteroatoms. The largest absolute Gasteiger partial charge is 0.340 e. The average Bonchev–Trinajstić information content (AvgIpc) is 2.34. The number of carbonyl (C=O) groups is 2. The Morgan fingerprint density at radius 2 is 1.95 bits per heavy atom. The molecule has 0 spiro atoms. The van der Waals surface area contributed by atoms with Crippen molar-refractivity contribution in [1.82, 2.24) is 10.2 Å². The fourth-order valence-electron chi connectivity index (χ4n) is 2.43. The van der Waals surface area contributed by atoms with E-state index in [0.717, 1.165) is 0 Å². The molecule has 0 aromatic heterocycles. The molecule has 0 radical (unpaired) electrons. The molecule has 0 saturated carbocycles. The molecule has 2 amide bonds. The van der Waals surface area contributed by atoms with E-state index in [9.17, 15) is 9.59 Å². The fraction of sp³-hybridized carbons (Fsp3) is 0.857. The Morgan fingerprint density at radius 3 is 2.37 bits per heavy atom. The van der Waals surface area contributed by atoms with Crippen molar-refractivity contribution in [2.24, 2.45) is 5.92 Å². The SMILES string of the molecule is CCC1(C)NC(=O)C(C(C)C)N(CC(C)SC)C1=O. The summed E-state index contributed by atoms with van der Waals surface area (Å²) in [6.45, 7) is 10.5. The van der Waals surface area contributed by atoms with Gasteiger partial charge in [-0.05, 0) is 25.5 Å². The first kappa shape index (κ1) is 16.3. The maximum atomic E-state index is 12.7. The van der Waals surface area contributed by atoms with Crippen molar-refractivity contribution in [3.63, 3.8) is 0 Å². The van der Waals surface area contributed by atoms with Crippen LogP contribution in [-0.2, 0) is 9.59 Å². The molecule has 0 aromatic carbocycles. The Balaban J connectivity index is 3.07. The lowest BCUT2D eigenvalue weighted by atomic mass is 9.88. The van der Waals surface area contributed by atoms with E-state index in [0.29, 0.717) is 18.2 Å². The van der Waals surface area contributed by atoms with Gasteiger partial charge in [-0.1, -0.05) is 27.7 Å². The highest BCUT2D eigenvalue weighted by Crippen LogP contribution is 2.26. The van der Waals surface area contributed by atoms with Crippen LogP contribution in [-0.4, -0.2) is 46.3 Å². The molecule has 0 bridgehead atoms. The topological polar surface area (TPSA) is 49.4 Å². The molecule has 110 valence electrons. The number of amides is 2. The highest BCUT2D eigenvalue weighted by molar-refractivity contribution is 7.99. The zero-order chi connectivity index (χ0) is 14.8. The Kier molecular flexibility index (Phi) is 5.30. The van der Waals surface area contributed by atoms with Crippen LogP contribution in [0.2, 0.25) is 0 Å². The number of hydrogen-bond acceptors (Lipinski definition) is 3. The van der Waals surface area contributed by atoms with Crippen LogP contribution in [0, 0.1) is 5.92 Å². The summed E-state index contributed by atoms with van der Waals surface area (Å²) < 4.78 is 0. The second-order valence-electron chi connectivity index (χ2n) is 5.87. The summed E-state index contributed by atoms with van der Waals surface area (Å²) >= 11 is 1.72. The molecule has 1 aliphatic rings. The molecule has 1 heterocycles. The Hall–Kier alpha value is -0.710. The highest BCUT2D eigenvalue weighted by atomic mass is 32.2. The van der Waals surface area contributed by atoms with Crippen molar-refractivity contribution in [2.75, 3.05) is 12.8 Å². The molecule has 3 atom stereocenters. The fourth-order valence-corrected chi connectivity index (χ4v) is 2.74. The second kappa shape index (κ2) is 6.16. The van der Waals surface area contributed by atoms with Crippen LogP contribution in [0.15, 0.2) is 0 Å². The summed E-state index contributed by atoms with van der Waals surface area (Å²) in [4.78, 5) is 26.8. The third-order valence-electron chi connectivity index (χ3n) is 3.93. The summed E-state index contributed by atoms with van der Waals surface area (Å²) in [5.41, 5.74) is -0.749. The number of hydrogen-bond donors (Lipinski definition) is 1. The van der Waals surface area contributed by atoms with Crippen molar-refractivity contribution >= 4 is 23.6 Å². The predicted octanol–water partition coefficient (Wildman–Crippen LogP) is 1.89. The van der Waals surface area contributed by atoms with Gasteiger partial charge in [-0.15, -0.1) is 0 Å². The van der Waals surface area contributed by atoms with Crippen molar-refractivity contribution in [3.05, 3.63) is 0 Å². The number of rotatable bonds is 5. The van der Waals surface area contributed by atoms with Gasteiger partial charge in [0.15, 0.2) is 0 Å². The lowest BCUT2D eigenvalue weighted by Crippen LogP contribution is -2.70. The van der Waals surface area contributed by atoms with Crippen molar-refractivity contribution in [1.29, 1.82) is 0 Å². The van der Waals surface area contributed by atoms with Gasteiger partial charge in [0.1, 0.15) is 11.6 Å². The van der Waals surface area contributed by atoms with Gasteiger partial charge < -0.3 is 10.2 Å². The van der Waals surface area contributed by atoms with Gasteiger partial charge >= 0.3 is 0 Å². The van der Waals surface area contributed by atoms with E-state index in [-0.39, 0.29) is 23.8 Å². The van der Waals surface area contributed by atoms with Crippen LogP contribution in [0.3, 0.4) is 0 Å². The van der Waals surface area contributed by atoms with Gasteiger partial charge in [0.25, 0.3) is 0 Å². The van der Waals surface area contributed by atoms with E-state index < -0.39 is 5.54 Å². The highest BCUT2D eigenvalue weighted by Gasteiger charge is 2.47. The molecule has 4 nitrogen and oxygen atoms in total. The molecular weight excluding hydrogens is 260 g/mol. The van der Waals surface area contributed by atoms with E-state index in [1.165, 1.54) is 0 Å². The number of nitrogens with zero attached hydrogens (tertiary/aromatic N) is 1. The minimum atomic E-state index is -0.749. The Bertz CT molecular complexity index is 359. The molecule has 3 unspecified atom stereocenters. The van der Waals surface area contributed by atoms with Crippen LogP contribution < -0.4 is 5.32 Å². The summed E-state index contributed by atoms with van der Waals surface area (Å²) in [5, 5.41) is 3.24. The maximum absolute atomic E-state index is 12.7. The molecule has 1 saturated heterocycles. The quantitative estimate of drug-likeness (QED) is 0.839. The third kappa shape index (κ3) is 3.25. The predicted molar refractivity (Wildman–Crippen MR) is 80.2 cm³/mol. The molecule has 19 heavy (non-hydrogen) atoms. The van der Waals surface area contributed by atoms with E-state index in [2.05, 4.69) is 12.2 Å². The minimum Gasteiger partial charge on any atom is -0.340 e. The smallest absolute Gasteiger partial charge is 0.248 e. The lowest BCUT2D eigenvalue weighted by Gasteiger charge is -2.46. The van der Waals surface area contributed by atoms with Gasteiger partial charge in [-0.25, -0.2) is 0 Å². The molecule has 1 fully saturated rings. The van der Waals surface area contributed by atoms with Crippen LogP contribution in [0.4, 0.5) is 0 Å². The molecule has 0 aliphatic carbocycles. The van der Waals surface area contributed by atoms with Crippen LogP contribution in [0.25, 0.3) is 0 Å². The van der Waals surface area contributed by atoms with Crippen LogP contribution >= 0.6 is 11.8 Å². The standard InChI is InChI=1S/C14H26N2O2S/c1-7-14(5)13(18)16(8-10(4)19-6)11(9(2)3)12(17)15-14/h9-11H,7-8H2,1-6H3,(H,15,17). The minimum absolute atomic E-state index is 0.0211. The van der Waals surface area contributed by atoms with Gasteiger partial charge in [0.2, 0.25) is 11.8 Å². The van der Waals surface area contributed by atoms with E-state index in [1.807, 2.05) is 34.0 Å². The van der Waals surface area contributed by atoms with Gasteiger partial charge in [-0.2, -0.15) is 11.8 Å². The normalized spacial score (nSPS) is 29.6. The van der Waals surface area contributed by atoms with Crippen molar-refractivity contribution < 1.29 is 9.59 Å². The van der Waals surface area contributed by atoms with Crippen LogP contribution in [0.5, 0.6) is 0 Å². The monoisotopic (exact) mass is 286 g/mol. The summed E-state index contributed by atoms with van der Waals surface area (Å²) in [6, 6.07) is -0.346. The van der Waals surface area contributed by atoms with E-state index >= 15 is 0 Å². The molecule has 1 aliphatic heterocycles. The zero-order valence-electron chi connectivity index (χ0n) is 12.8. The number of carbonyl (C=O) groups excluding carboxylic acids is 2. The zero-order valence-corrected chi connectivity index (χ0v) is 13.6. The summed E-state index contributed by atoms with van der Waals surface area (Å²) in [7, 11) is 0. The number of thioether (sulfide) groups is 1. The lowest BCUT2D eigenvalue weighted by molar-refractivity contribution is -0.156. The summed E-state index contributed by atoms with van der Waals surface area (Å²) in [6.07, 6.45) is 2.65. The Labute approximate surface area is 120 Å². The van der Waals surface area contributed by atoms with Crippen molar-refractivity contribution in [3.8, 4) is 0 Å². The van der Waals surface area contributed by atoms with Gasteiger partial charge in [0.05, 0.1) is 0 Å². The first-order valence-corrected chi connectivity index (χ1v) is 8.21. The number of nitrogens with one attached hydrogen (secondary N) is 1. The number of piperazine rings is 1. The maximum Gasteiger partial charge on any atom is 0.248 e.